The minimum absolute atomic E-state index is 0.229. The van der Waals surface area contributed by atoms with Crippen LogP contribution in [0.1, 0.15) is 78.1 Å². The van der Waals surface area contributed by atoms with E-state index in [2.05, 4.69) is 13.8 Å². The van der Waals surface area contributed by atoms with Crippen molar-refractivity contribution in [1.29, 1.82) is 0 Å². The average molecular weight is 268 g/mol. The molecule has 2 heteroatoms. The Labute approximate surface area is 118 Å². The van der Waals surface area contributed by atoms with Gasteiger partial charge in [0.15, 0.2) is 0 Å². The van der Waals surface area contributed by atoms with Crippen LogP contribution in [0, 0.1) is 11.8 Å². The molecule has 0 saturated heterocycles. The Balaban J connectivity index is 2.07. The lowest BCUT2D eigenvalue weighted by atomic mass is 9.72. The Hall–Kier alpha value is -0.0800. The molecule has 3 unspecified atom stereocenters. The first kappa shape index (κ1) is 15.3. The smallest absolute Gasteiger partial charge is 0.0942 e. The molecule has 2 saturated carbocycles. The molecule has 0 aromatic rings. The van der Waals surface area contributed by atoms with Crippen molar-refractivity contribution in [2.75, 3.05) is 6.61 Å². The summed E-state index contributed by atoms with van der Waals surface area (Å²) in [4.78, 5) is 0. The molecule has 0 aromatic carbocycles. The summed E-state index contributed by atoms with van der Waals surface area (Å²) in [5.41, 5.74) is -0.229. The van der Waals surface area contributed by atoms with Crippen molar-refractivity contribution < 1.29 is 9.84 Å². The van der Waals surface area contributed by atoms with E-state index >= 15 is 0 Å². The molecule has 0 aliphatic heterocycles. The number of hydrogen-bond acceptors (Lipinski definition) is 2. The highest BCUT2D eigenvalue weighted by Gasteiger charge is 2.43. The maximum atomic E-state index is 11.0. The lowest BCUT2D eigenvalue weighted by Crippen LogP contribution is -2.49. The molecule has 3 atom stereocenters. The second kappa shape index (κ2) is 7.08. The fourth-order valence-corrected chi connectivity index (χ4v) is 4.34. The lowest BCUT2D eigenvalue weighted by molar-refractivity contribution is -0.153. The van der Waals surface area contributed by atoms with Gasteiger partial charge in [-0.2, -0.15) is 0 Å². The Morgan fingerprint density at radius 1 is 1.11 bits per heavy atom. The Morgan fingerprint density at radius 3 is 2.37 bits per heavy atom. The van der Waals surface area contributed by atoms with Gasteiger partial charge in [0, 0.05) is 6.61 Å². The predicted octanol–water partition coefficient (Wildman–Crippen LogP) is 4.30. The van der Waals surface area contributed by atoms with E-state index in [1.807, 2.05) is 0 Å². The SMILES string of the molecule is CCOC1(C(O)C2CCCC(C)C2)CCCCCC1. The van der Waals surface area contributed by atoms with Crippen LogP contribution in [0.2, 0.25) is 0 Å². The van der Waals surface area contributed by atoms with Crippen LogP contribution in [0.4, 0.5) is 0 Å². The van der Waals surface area contributed by atoms with Gasteiger partial charge in [0.05, 0.1) is 11.7 Å². The molecule has 2 rings (SSSR count). The quantitative estimate of drug-likeness (QED) is 0.770. The van der Waals surface area contributed by atoms with Crippen molar-refractivity contribution in [3.05, 3.63) is 0 Å². The van der Waals surface area contributed by atoms with Crippen LogP contribution in [-0.4, -0.2) is 23.4 Å². The molecular weight excluding hydrogens is 236 g/mol. The van der Waals surface area contributed by atoms with Crippen LogP contribution in [0.15, 0.2) is 0 Å². The number of rotatable bonds is 4. The van der Waals surface area contributed by atoms with Crippen LogP contribution in [0.25, 0.3) is 0 Å². The largest absolute Gasteiger partial charge is 0.390 e. The summed E-state index contributed by atoms with van der Waals surface area (Å²) in [6.07, 6.45) is 11.9. The van der Waals surface area contributed by atoms with Gasteiger partial charge in [0.1, 0.15) is 0 Å². The second-order valence-electron chi connectivity index (χ2n) is 6.89. The maximum Gasteiger partial charge on any atom is 0.0942 e. The van der Waals surface area contributed by atoms with Crippen LogP contribution in [-0.2, 0) is 4.74 Å². The Bertz CT molecular complexity index is 256. The minimum Gasteiger partial charge on any atom is -0.390 e. The summed E-state index contributed by atoms with van der Waals surface area (Å²) >= 11 is 0. The minimum atomic E-state index is -0.242. The van der Waals surface area contributed by atoms with E-state index < -0.39 is 0 Å². The molecule has 2 aliphatic rings. The average Bonchev–Trinajstić information content (AvgIpc) is 2.65. The third-order valence-corrected chi connectivity index (χ3v) is 5.34. The third kappa shape index (κ3) is 3.72. The highest BCUT2D eigenvalue weighted by Crippen LogP contribution is 2.41. The second-order valence-corrected chi connectivity index (χ2v) is 6.89. The van der Waals surface area contributed by atoms with E-state index in [1.54, 1.807) is 0 Å². The van der Waals surface area contributed by atoms with Gasteiger partial charge < -0.3 is 9.84 Å². The fraction of sp³-hybridized carbons (Fsp3) is 1.00. The first-order chi connectivity index (χ1) is 9.18. The normalized spacial score (nSPS) is 33.6. The van der Waals surface area contributed by atoms with Crippen molar-refractivity contribution in [1.82, 2.24) is 0 Å². The van der Waals surface area contributed by atoms with E-state index in [9.17, 15) is 5.11 Å². The number of aliphatic hydroxyl groups is 1. The maximum absolute atomic E-state index is 11.0. The third-order valence-electron chi connectivity index (χ3n) is 5.34. The molecule has 0 aromatic heterocycles. The molecule has 112 valence electrons. The van der Waals surface area contributed by atoms with Crippen LogP contribution in [0.3, 0.4) is 0 Å². The highest BCUT2D eigenvalue weighted by atomic mass is 16.5. The lowest BCUT2D eigenvalue weighted by Gasteiger charge is -2.43. The van der Waals surface area contributed by atoms with Gasteiger partial charge in [-0.25, -0.2) is 0 Å². The molecule has 2 nitrogen and oxygen atoms in total. The number of hydrogen-bond donors (Lipinski definition) is 1. The fourth-order valence-electron chi connectivity index (χ4n) is 4.34. The Morgan fingerprint density at radius 2 is 1.79 bits per heavy atom. The molecule has 0 amide bonds. The summed E-state index contributed by atoms with van der Waals surface area (Å²) in [5.74, 6) is 1.24. The van der Waals surface area contributed by atoms with E-state index in [0.717, 1.165) is 25.4 Å². The molecule has 2 aliphatic carbocycles. The van der Waals surface area contributed by atoms with Crippen molar-refractivity contribution in [3.8, 4) is 0 Å². The van der Waals surface area contributed by atoms with Gasteiger partial charge >= 0.3 is 0 Å². The van der Waals surface area contributed by atoms with E-state index in [0.29, 0.717) is 5.92 Å². The predicted molar refractivity (Wildman–Crippen MR) is 79.2 cm³/mol. The van der Waals surface area contributed by atoms with Crippen LogP contribution >= 0.6 is 0 Å². The molecule has 1 N–H and O–H groups in total. The summed E-state index contributed by atoms with van der Waals surface area (Å²) in [6, 6.07) is 0. The molecule has 0 spiro atoms. The monoisotopic (exact) mass is 268 g/mol. The van der Waals surface area contributed by atoms with Crippen LogP contribution < -0.4 is 0 Å². The van der Waals surface area contributed by atoms with E-state index in [1.165, 1.54) is 51.4 Å². The summed E-state index contributed by atoms with van der Waals surface area (Å²) < 4.78 is 6.15. The van der Waals surface area contributed by atoms with Gasteiger partial charge in [0.2, 0.25) is 0 Å². The topological polar surface area (TPSA) is 29.5 Å². The standard InChI is InChI=1S/C17H32O2/c1-3-19-17(11-6-4-5-7-12-17)16(18)15-10-8-9-14(2)13-15/h14-16,18H,3-13H2,1-2H3. The summed E-state index contributed by atoms with van der Waals surface area (Å²) in [5, 5.41) is 11.0. The van der Waals surface area contributed by atoms with Gasteiger partial charge in [-0.3, -0.25) is 0 Å². The summed E-state index contributed by atoms with van der Waals surface area (Å²) in [6.45, 7) is 5.14. The first-order valence-electron chi connectivity index (χ1n) is 8.50. The van der Waals surface area contributed by atoms with Gasteiger partial charge in [-0.05, 0) is 44.4 Å². The van der Waals surface area contributed by atoms with Gasteiger partial charge in [-0.1, -0.05) is 45.4 Å². The van der Waals surface area contributed by atoms with Gasteiger partial charge in [-0.15, -0.1) is 0 Å². The Kier molecular flexibility index (Phi) is 5.70. The molecule has 0 bridgehead atoms. The molecule has 0 heterocycles. The first-order valence-corrected chi connectivity index (χ1v) is 8.50. The van der Waals surface area contributed by atoms with Crippen molar-refractivity contribution in [2.45, 2.75) is 89.8 Å². The van der Waals surface area contributed by atoms with Crippen LogP contribution in [0.5, 0.6) is 0 Å². The van der Waals surface area contributed by atoms with Crippen molar-refractivity contribution >= 4 is 0 Å². The summed E-state index contributed by atoms with van der Waals surface area (Å²) in [7, 11) is 0. The molecule has 19 heavy (non-hydrogen) atoms. The van der Waals surface area contributed by atoms with Crippen molar-refractivity contribution in [2.24, 2.45) is 11.8 Å². The zero-order valence-corrected chi connectivity index (χ0v) is 12.9. The number of aliphatic hydroxyl groups excluding tert-OH is 1. The number of ether oxygens (including phenoxy) is 1. The van der Waals surface area contributed by atoms with E-state index in [-0.39, 0.29) is 11.7 Å². The molecule has 0 radical (unpaired) electrons. The molecular formula is C17H32O2. The highest BCUT2D eigenvalue weighted by molar-refractivity contribution is 4.94. The molecule has 2 fully saturated rings. The zero-order valence-electron chi connectivity index (χ0n) is 12.9. The van der Waals surface area contributed by atoms with Crippen molar-refractivity contribution in [3.63, 3.8) is 0 Å². The zero-order chi connectivity index (χ0) is 13.7. The van der Waals surface area contributed by atoms with E-state index in [4.69, 9.17) is 4.74 Å². The van der Waals surface area contributed by atoms with Gasteiger partial charge in [0.25, 0.3) is 0 Å².